The second-order valence-corrected chi connectivity index (χ2v) is 6.82. The number of hydrogen-bond acceptors (Lipinski definition) is 3. The average Bonchev–Trinajstić information content (AvgIpc) is 2.86. The molecule has 0 spiro atoms. The van der Waals surface area contributed by atoms with E-state index in [0.29, 0.717) is 10.6 Å². The van der Waals surface area contributed by atoms with Crippen LogP contribution in [0.25, 0.3) is 10.1 Å². The molecule has 0 saturated carbocycles. The number of hydrogen-bond donors (Lipinski definition) is 2. The molecule has 0 aliphatic heterocycles. The Morgan fingerprint density at radius 3 is 2.81 bits per heavy atom. The van der Waals surface area contributed by atoms with Crippen LogP contribution in [-0.2, 0) is 0 Å². The number of carbonyl (C=O) groups is 1. The summed E-state index contributed by atoms with van der Waals surface area (Å²) in [5.74, 6) is -0.101. The molecule has 0 aliphatic rings. The lowest BCUT2D eigenvalue weighted by Gasteiger charge is -2.07. The second kappa shape index (κ2) is 5.50. The van der Waals surface area contributed by atoms with E-state index < -0.39 is 0 Å². The van der Waals surface area contributed by atoms with Crippen molar-refractivity contribution in [2.45, 2.75) is 6.92 Å². The van der Waals surface area contributed by atoms with Gasteiger partial charge in [-0.2, -0.15) is 0 Å². The predicted octanol–water partition coefficient (Wildman–Crippen LogP) is 4.81. The predicted molar refractivity (Wildman–Crippen MR) is 93.1 cm³/mol. The molecule has 1 amide bonds. The maximum Gasteiger partial charge on any atom is 0.265 e. The maximum atomic E-state index is 12.4. The van der Waals surface area contributed by atoms with E-state index in [1.54, 1.807) is 0 Å². The van der Waals surface area contributed by atoms with E-state index in [4.69, 9.17) is 5.73 Å². The van der Waals surface area contributed by atoms with Crippen molar-refractivity contribution >= 4 is 54.6 Å². The van der Waals surface area contributed by atoms with Crippen molar-refractivity contribution in [3.05, 3.63) is 57.4 Å². The fourth-order valence-corrected chi connectivity index (χ4v) is 3.39. The van der Waals surface area contributed by atoms with Gasteiger partial charge in [0.1, 0.15) is 0 Å². The van der Waals surface area contributed by atoms with Gasteiger partial charge in [0, 0.05) is 20.5 Å². The molecule has 0 saturated heterocycles. The smallest absolute Gasteiger partial charge is 0.265 e. The Kier molecular flexibility index (Phi) is 3.69. The molecule has 3 N–H and O–H groups in total. The number of nitrogen functional groups attached to an aromatic ring is 1. The van der Waals surface area contributed by atoms with Crippen LogP contribution in [0.4, 0.5) is 11.4 Å². The molecule has 3 rings (SSSR count). The van der Waals surface area contributed by atoms with Crippen molar-refractivity contribution in [2.75, 3.05) is 11.1 Å². The van der Waals surface area contributed by atoms with Crippen LogP contribution in [0, 0.1) is 6.92 Å². The molecule has 0 aliphatic carbocycles. The van der Waals surface area contributed by atoms with Crippen molar-refractivity contribution in [1.82, 2.24) is 0 Å². The van der Waals surface area contributed by atoms with Gasteiger partial charge in [0.2, 0.25) is 0 Å². The second-order valence-electron chi connectivity index (χ2n) is 4.82. The van der Waals surface area contributed by atoms with Crippen molar-refractivity contribution in [1.29, 1.82) is 0 Å². The Bertz CT molecular complexity index is 841. The number of nitrogens with two attached hydrogens (primary N) is 1. The topological polar surface area (TPSA) is 55.1 Å². The van der Waals surface area contributed by atoms with Crippen molar-refractivity contribution in [3.8, 4) is 0 Å². The van der Waals surface area contributed by atoms with Gasteiger partial charge >= 0.3 is 0 Å². The monoisotopic (exact) mass is 360 g/mol. The number of anilines is 2. The summed E-state index contributed by atoms with van der Waals surface area (Å²) < 4.78 is 1.99. The van der Waals surface area contributed by atoms with Crippen molar-refractivity contribution < 1.29 is 4.79 Å². The van der Waals surface area contributed by atoms with Gasteiger partial charge < -0.3 is 11.1 Å². The molecule has 21 heavy (non-hydrogen) atoms. The van der Waals surface area contributed by atoms with Gasteiger partial charge in [-0.3, -0.25) is 4.79 Å². The highest BCUT2D eigenvalue weighted by Crippen LogP contribution is 2.28. The summed E-state index contributed by atoms with van der Waals surface area (Å²) in [6.45, 7) is 1.97. The molecule has 3 aromatic rings. The first kappa shape index (κ1) is 14.1. The minimum absolute atomic E-state index is 0.101. The van der Waals surface area contributed by atoms with E-state index in [1.165, 1.54) is 11.3 Å². The van der Waals surface area contributed by atoms with Crippen molar-refractivity contribution in [2.24, 2.45) is 0 Å². The van der Waals surface area contributed by atoms with E-state index in [0.717, 1.165) is 25.8 Å². The fourth-order valence-electron chi connectivity index (χ4n) is 2.09. The number of thiophene rings is 1. The first-order valence-electron chi connectivity index (χ1n) is 6.39. The highest BCUT2D eigenvalue weighted by atomic mass is 79.9. The van der Waals surface area contributed by atoms with Crippen LogP contribution in [0.1, 0.15) is 15.2 Å². The molecule has 0 fully saturated rings. The molecule has 1 aromatic heterocycles. The van der Waals surface area contributed by atoms with Crippen LogP contribution >= 0.6 is 27.3 Å². The normalized spacial score (nSPS) is 10.8. The molecular formula is C16H13BrN2OS. The average molecular weight is 361 g/mol. The molecule has 106 valence electrons. The Balaban J connectivity index is 1.91. The van der Waals surface area contributed by atoms with Gasteiger partial charge in [0.05, 0.1) is 4.88 Å². The number of carbonyl (C=O) groups excluding carboxylic acids is 1. The van der Waals surface area contributed by atoms with Crippen LogP contribution in [0.3, 0.4) is 0 Å². The Morgan fingerprint density at radius 2 is 2.00 bits per heavy atom. The lowest BCUT2D eigenvalue weighted by Crippen LogP contribution is -2.11. The molecule has 1 heterocycles. The quantitative estimate of drug-likeness (QED) is 0.644. The molecule has 0 bridgehead atoms. The van der Waals surface area contributed by atoms with E-state index in [2.05, 4.69) is 21.2 Å². The Labute approximate surface area is 134 Å². The first-order valence-corrected chi connectivity index (χ1v) is 8.00. The number of halogens is 1. The zero-order chi connectivity index (χ0) is 15.0. The number of fused-ring (bicyclic) bond motifs is 1. The summed E-state index contributed by atoms with van der Waals surface area (Å²) in [6.07, 6.45) is 0. The number of rotatable bonds is 2. The van der Waals surface area contributed by atoms with Crippen LogP contribution in [0.5, 0.6) is 0 Å². The van der Waals surface area contributed by atoms with E-state index in [1.807, 2.05) is 49.4 Å². The third-order valence-electron chi connectivity index (χ3n) is 3.21. The maximum absolute atomic E-state index is 12.4. The van der Waals surface area contributed by atoms with E-state index in [-0.39, 0.29) is 5.91 Å². The Morgan fingerprint density at radius 1 is 1.19 bits per heavy atom. The van der Waals surface area contributed by atoms with Crippen LogP contribution in [0.2, 0.25) is 0 Å². The van der Waals surface area contributed by atoms with E-state index in [9.17, 15) is 4.79 Å². The molecular weight excluding hydrogens is 348 g/mol. The van der Waals surface area contributed by atoms with Crippen LogP contribution in [0.15, 0.2) is 46.9 Å². The minimum atomic E-state index is -0.101. The lowest BCUT2D eigenvalue weighted by atomic mass is 10.2. The van der Waals surface area contributed by atoms with Gasteiger partial charge in [-0.25, -0.2) is 0 Å². The highest BCUT2D eigenvalue weighted by Gasteiger charge is 2.12. The SMILES string of the molecule is Cc1ccc(Br)cc1NC(=O)c1cc2cc(N)ccc2s1. The van der Waals surface area contributed by atoms with Crippen molar-refractivity contribution in [3.63, 3.8) is 0 Å². The van der Waals surface area contributed by atoms with Gasteiger partial charge in [-0.15, -0.1) is 11.3 Å². The number of amides is 1. The molecule has 5 heteroatoms. The summed E-state index contributed by atoms with van der Waals surface area (Å²) in [5.41, 5.74) is 8.31. The third kappa shape index (κ3) is 2.94. The number of nitrogens with one attached hydrogen (secondary N) is 1. The summed E-state index contributed by atoms with van der Waals surface area (Å²) in [7, 11) is 0. The molecule has 3 nitrogen and oxygen atoms in total. The van der Waals surface area contributed by atoms with Gasteiger partial charge in [-0.1, -0.05) is 22.0 Å². The summed E-state index contributed by atoms with van der Waals surface area (Å²) >= 11 is 4.88. The molecule has 2 aromatic carbocycles. The van der Waals surface area contributed by atoms with Crippen LogP contribution in [-0.4, -0.2) is 5.91 Å². The molecule has 0 atom stereocenters. The largest absolute Gasteiger partial charge is 0.399 e. The Hall–Kier alpha value is -1.85. The van der Waals surface area contributed by atoms with Crippen LogP contribution < -0.4 is 11.1 Å². The molecule has 0 radical (unpaired) electrons. The molecule has 0 unspecified atom stereocenters. The standard InChI is InChI=1S/C16H13BrN2OS/c1-9-2-3-11(17)8-13(9)19-16(20)15-7-10-6-12(18)4-5-14(10)21-15/h2-8H,18H2,1H3,(H,19,20). The summed E-state index contributed by atoms with van der Waals surface area (Å²) in [5, 5.41) is 3.95. The lowest BCUT2D eigenvalue weighted by molar-refractivity contribution is 0.103. The zero-order valence-electron chi connectivity index (χ0n) is 11.3. The van der Waals surface area contributed by atoms with Gasteiger partial charge in [0.15, 0.2) is 0 Å². The number of benzene rings is 2. The van der Waals surface area contributed by atoms with Gasteiger partial charge in [-0.05, 0) is 54.3 Å². The fraction of sp³-hybridized carbons (Fsp3) is 0.0625. The summed E-state index contributed by atoms with van der Waals surface area (Å²) in [6, 6.07) is 13.4. The zero-order valence-corrected chi connectivity index (χ0v) is 13.7. The number of aryl methyl sites for hydroxylation is 1. The first-order chi connectivity index (χ1) is 10.0. The minimum Gasteiger partial charge on any atom is -0.399 e. The third-order valence-corrected chi connectivity index (χ3v) is 4.82. The van der Waals surface area contributed by atoms with Gasteiger partial charge in [0.25, 0.3) is 5.91 Å². The highest BCUT2D eigenvalue weighted by molar-refractivity contribution is 9.10. The van der Waals surface area contributed by atoms with E-state index >= 15 is 0 Å². The summed E-state index contributed by atoms with van der Waals surface area (Å²) in [4.78, 5) is 13.1.